The van der Waals surface area contributed by atoms with Crippen LogP contribution in [0.5, 0.6) is 0 Å². The van der Waals surface area contributed by atoms with Crippen LogP contribution in [0.3, 0.4) is 0 Å². The summed E-state index contributed by atoms with van der Waals surface area (Å²) in [7, 11) is 0. The normalized spacial score (nSPS) is 10.4. The third-order valence-electron chi connectivity index (χ3n) is 2.33. The highest BCUT2D eigenvalue weighted by atomic mass is 32.2. The molecular weight excluding hydrogens is 286 g/mol. The van der Waals surface area contributed by atoms with Crippen molar-refractivity contribution in [1.82, 2.24) is 14.9 Å². The number of nitrogens with two attached hydrogens (primary N) is 1. The number of thioether (sulfide) groups is 1. The highest BCUT2D eigenvalue weighted by Gasteiger charge is 2.14. The minimum absolute atomic E-state index is 0.0442. The monoisotopic (exact) mass is 295 g/mol. The van der Waals surface area contributed by atoms with E-state index in [0.717, 1.165) is 16.4 Å². The highest BCUT2D eigenvalue weighted by molar-refractivity contribution is 7.99. The first-order valence-electron chi connectivity index (χ1n) is 5.29. The minimum atomic E-state index is -0.991. The van der Waals surface area contributed by atoms with E-state index in [-0.39, 0.29) is 16.6 Å². The number of hydrogen-bond donors (Lipinski definition) is 2. The average Bonchev–Trinajstić information content (AvgIpc) is 2.78. The van der Waals surface area contributed by atoms with E-state index in [9.17, 15) is 14.9 Å². The fourth-order valence-electron chi connectivity index (χ4n) is 1.43. The highest BCUT2D eigenvalue weighted by Crippen LogP contribution is 2.23. The first-order valence-corrected chi connectivity index (χ1v) is 6.27. The molecule has 0 aliphatic heterocycles. The van der Waals surface area contributed by atoms with Gasteiger partial charge in [-0.25, -0.2) is 4.68 Å². The molecule has 0 aliphatic carbocycles. The van der Waals surface area contributed by atoms with E-state index in [4.69, 9.17) is 10.9 Å². The number of nitrogens with zero attached hydrogens (tertiary/aromatic N) is 4. The van der Waals surface area contributed by atoms with Crippen molar-refractivity contribution < 1.29 is 14.8 Å². The van der Waals surface area contributed by atoms with Crippen LogP contribution in [0.1, 0.15) is 0 Å². The maximum Gasteiger partial charge on any atom is 0.313 e. The van der Waals surface area contributed by atoms with Crippen molar-refractivity contribution in [3.63, 3.8) is 0 Å². The fourth-order valence-corrected chi connectivity index (χ4v) is 2.01. The van der Waals surface area contributed by atoms with Gasteiger partial charge in [0.25, 0.3) is 5.69 Å². The van der Waals surface area contributed by atoms with Gasteiger partial charge in [0.15, 0.2) is 5.82 Å². The summed E-state index contributed by atoms with van der Waals surface area (Å²) in [5.41, 5.74) is 0.505. The van der Waals surface area contributed by atoms with E-state index in [0.29, 0.717) is 11.4 Å². The molecule has 0 amide bonds. The van der Waals surface area contributed by atoms with Gasteiger partial charge in [0.2, 0.25) is 5.16 Å². The molecule has 0 saturated carbocycles. The molecule has 2 aromatic rings. The predicted molar refractivity (Wildman–Crippen MR) is 70.6 cm³/mol. The number of benzene rings is 1. The molecule has 0 unspecified atom stereocenters. The number of carbonyl (C=O) groups is 1. The van der Waals surface area contributed by atoms with E-state index < -0.39 is 10.9 Å². The lowest BCUT2D eigenvalue weighted by Gasteiger charge is -2.02. The Kier molecular flexibility index (Phi) is 3.84. The number of nitro benzene ring substituents is 1. The van der Waals surface area contributed by atoms with E-state index in [2.05, 4.69) is 10.2 Å². The lowest BCUT2D eigenvalue weighted by atomic mass is 10.2. The molecule has 1 aromatic heterocycles. The molecule has 104 valence electrons. The maximum absolute atomic E-state index is 10.6. The van der Waals surface area contributed by atoms with Crippen LogP contribution in [-0.4, -0.2) is 36.6 Å². The van der Waals surface area contributed by atoms with Crippen molar-refractivity contribution in [2.24, 2.45) is 0 Å². The molecule has 0 bridgehead atoms. The zero-order valence-electron chi connectivity index (χ0n) is 9.96. The number of nitrogen functional groups attached to an aromatic ring is 1. The van der Waals surface area contributed by atoms with Gasteiger partial charge in [-0.2, -0.15) is 0 Å². The molecule has 0 radical (unpaired) electrons. The number of aromatic nitrogens is 3. The summed E-state index contributed by atoms with van der Waals surface area (Å²) in [6.07, 6.45) is 0. The van der Waals surface area contributed by atoms with Gasteiger partial charge in [0.1, 0.15) is 0 Å². The van der Waals surface area contributed by atoms with Gasteiger partial charge in [-0.1, -0.05) is 11.8 Å². The summed E-state index contributed by atoms with van der Waals surface area (Å²) in [5, 5.41) is 27.0. The Morgan fingerprint density at radius 3 is 2.60 bits per heavy atom. The van der Waals surface area contributed by atoms with Crippen LogP contribution >= 0.6 is 11.8 Å². The molecule has 0 fully saturated rings. The standard InChI is InChI=1S/C10H9N5O4S/c11-14-9(12-13-10(14)20-5-8(16)17)6-1-3-7(4-2-6)15(18)19/h1-4H,5,11H2,(H,16,17). The van der Waals surface area contributed by atoms with Crippen molar-refractivity contribution >= 4 is 23.4 Å². The molecule has 0 spiro atoms. The number of hydrogen-bond acceptors (Lipinski definition) is 7. The Labute approximate surface area is 116 Å². The second-order valence-corrected chi connectivity index (χ2v) is 4.61. The summed E-state index contributed by atoms with van der Waals surface area (Å²) in [6, 6.07) is 5.65. The molecule has 2 rings (SSSR count). The average molecular weight is 295 g/mol. The predicted octanol–water partition coefficient (Wildman–Crippen LogP) is 0.744. The molecule has 0 atom stereocenters. The number of carboxylic acids is 1. The summed E-state index contributed by atoms with van der Waals surface area (Å²) >= 11 is 0.935. The van der Waals surface area contributed by atoms with Gasteiger partial charge in [0.05, 0.1) is 10.7 Å². The number of rotatable bonds is 5. The quantitative estimate of drug-likeness (QED) is 0.356. The van der Waals surface area contributed by atoms with Crippen LogP contribution in [0.25, 0.3) is 11.4 Å². The summed E-state index contributed by atoms with van der Waals surface area (Å²) in [6.45, 7) is 0. The maximum atomic E-state index is 10.6. The first kappa shape index (κ1) is 13.8. The first-order chi connectivity index (χ1) is 9.49. The molecule has 1 heterocycles. The van der Waals surface area contributed by atoms with Gasteiger partial charge in [-0.3, -0.25) is 14.9 Å². The number of non-ortho nitro benzene ring substituents is 1. The van der Waals surface area contributed by atoms with Crippen LogP contribution in [0.4, 0.5) is 5.69 Å². The Hall–Kier alpha value is -2.62. The van der Waals surface area contributed by atoms with E-state index >= 15 is 0 Å². The zero-order chi connectivity index (χ0) is 14.7. The van der Waals surface area contributed by atoms with E-state index in [1.54, 1.807) is 0 Å². The number of nitro groups is 1. The third kappa shape index (κ3) is 2.85. The molecule has 0 saturated heterocycles. The van der Waals surface area contributed by atoms with Crippen LogP contribution in [0, 0.1) is 10.1 Å². The van der Waals surface area contributed by atoms with Crippen molar-refractivity contribution in [2.45, 2.75) is 5.16 Å². The largest absolute Gasteiger partial charge is 0.481 e. The fraction of sp³-hybridized carbons (Fsp3) is 0.100. The van der Waals surface area contributed by atoms with Crippen LogP contribution < -0.4 is 5.84 Å². The molecule has 10 heteroatoms. The van der Waals surface area contributed by atoms with Crippen molar-refractivity contribution in [3.8, 4) is 11.4 Å². The van der Waals surface area contributed by atoms with Crippen LogP contribution in [-0.2, 0) is 4.79 Å². The SMILES string of the molecule is Nn1c(SCC(=O)O)nnc1-c1ccc([N+](=O)[O-])cc1. The van der Waals surface area contributed by atoms with Gasteiger partial charge in [-0.15, -0.1) is 10.2 Å². The van der Waals surface area contributed by atoms with E-state index in [1.807, 2.05) is 0 Å². The molecule has 3 N–H and O–H groups in total. The lowest BCUT2D eigenvalue weighted by Crippen LogP contribution is -2.12. The minimum Gasteiger partial charge on any atom is -0.481 e. The zero-order valence-corrected chi connectivity index (χ0v) is 10.8. The third-order valence-corrected chi connectivity index (χ3v) is 3.25. The second-order valence-electron chi connectivity index (χ2n) is 3.66. The Morgan fingerprint density at radius 2 is 2.05 bits per heavy atom. The van der Waals surface area contributed by atoms with Crippen molar-refractivity contribution in [2.75, 3.05) is 11.6 Å². The van der Waals surface area contributed by atoms with E-state index in [1.165, 1.54) is 24.3 Å². The lowest BCUT2D eigenvalue weighted by molar-refractivity contribution is -0.384. The number of carboxylic acid groups (broad SMARTS) is 1. The molecule has 0 aliphatic rings. The van der Waals surface area contributed by atoms with Gasteiger partial charge in [-0.05, 0) is 12.1 Å². The van der Waals surface area contributed by atoms with Crippen molar-refractivity contribution in [3.05, 3.63) is 34.4 Å². The number of aliphatic carboxylic acids is 1. The smallest absolute Gasteiger partial charge is 0.313 e. The molecule has 20 heavy (non-hydrogen) atoms. The molecular formula is C10H9N5O4S. The topological polar surface area (TPSA) is 137 Å². The summed E-state index contributed by atoms with van der Waals surface area (Å²) in [5.74, 6) is 4.89. The molecule has 1 aromatic carbocycles. The Morgan fingerprint density at radius 1 is 1.40 bits per heavy atom. The van der Waals surface area contributed by atoms with Gasteiger partial charge in [0, 0.05) is 17.7 Å². The van der Waals surface area contributed by atoms with Crippen LogP contribution in [0.2, 0.25) is 0 Å². The second kappa shape index (κ2) is 5.57. The Bertz CT molecular complexity index is 654. The summed E-state index contributed by atoms with van der Waals surface area (Å²) < 4.78 is 1.15. The Balaban J connectivity index is 2.24. The molecule has 9 nitrogen and oxygen atoms in total. The summed E-state index contributed by atoms with van der Waals surface area (Å²) in [4.78, 5) is 20.5. The van der Waals surface area contributed by atoms with Crippen molar-refractivity contribution in [1.29, 1.82) is 0 Å². The van der Waals surface area contributed by atoms with Crippen LogP contribution in [0.15, 0.2) is 29.4 Å². The van der Waals surface area contributed by atoms with Gasteiger partial charge >= 0.3 is 5.97 Å². The van der Waals surface area contributed by atoms with Gasteiger partial charge < -0.3 is 10.9 Å².